The lowest BCUT2D eigenvalue weighted by molar-refractivity contribution is 0.268. The molecule has 0 aromatic rings. The number of likely N-dealkylation sites (N-methyl/N-ethyl adjacent to an activating group) is 1. The number of oxime groups is 1. The summed E-state index contributed by atoms with van der Waals surface area (Å²) in [5.41, 5.74) is 5.40. The zero-order valence-electron chi connectivity index (χ0n) is 7.53. The summed E-state index contributed by atoms with van der Waals surface area (Å²) in [6.45, 7) is 0.571. The number of rotatable bonds is 3. The second-order valence-corrected chi connectivity index (χ2v) is 3.44. The van der Waals surface area contributed by atoms with E-state index >= 15 is 0 Å². The van der Waals surface area contributed by atoms with Crippen LogP contribution in [0.25, 0.3) is 0 Å². The largest absolute Gasteiger partial charge is 0.409 e. The van der Waals surface area contributed by atoms with Gasteiger partial charge in [0.2, 0.25) is 0 Å². The van der Waals surface area contributed by atoms with Crippen LogP contribution in [0.15, 0.2) is 5.16 Å². The van der Waals surface area contributed by atoms with Gasteiger partial charge < -0.3 is 10.9 Å². The Morgan fingerprint density at radius 2 is 2.17 bits per heavy atom. The summed E-state index contributed by atoms with van der Waals surface area (Å²) in [6, 6.07) is 0.630. The highest BCUT2D eigenvalue weighted by molar-refractivity contribution is 5.81. The van der Waals surface area contributed by atoms with Gasteiger partial charge in [-0.05, 0) is 19.9 Å². The summed E-state index contributed by atoms with van der Waals surface area (Å²) in [5, 5.41) is 11.3. The van der Waals surface area contributed by atoms with Gasteiger partial charge in [0.05, 0.1) is 6.54 Å². The molecule has 0 aliphatic heterocycles. The summed E-state index contributed by atoms with van der Waals surface area (Å²) in [5.74, 6) is 0.296. The van der Waals surface area contributed by atoms with Crippen molar-refractivity contribution in [1.29, 1.82) is 0 Å². The number of hydrogen-bond donors (Lipinski definition) is 2. The van der Waals surface area contributed by atoms with E-state index in [4.69, 9.17) is 10.9 Å². The maximum absolute atomic E-state index is 8.36. The highest BCUT2D eigenvalue weighted by Crippen LogP contribution is 2.21. The molecule has 0 amide bonds. The molecular weight excluding hydrogens is 154 g/mol. The average Bonchev–Trinajstić information content (AvgIpc) is 2.56. The number of amidine groups is 1. The predicted octanol–water partition coefficient (Wildman–Crippen LogP) is 0.607. The predicted molar refractivity (Wildman–Crippen MR) is 48.3 cm³/mol. The Bertz CT molecular complexity index is 164. The molecule has 0 aromatic heterocycles. The molecular formula is C8H17N3O. The fourth-order valence-corrected chi connectivity index (χ4v) is 1.76. The van der Waals surface area contributed by atoms with Crippen molar-refractivity contribution in [3.63, 3.8) is 0 Å². The topological polar surface area (TPSA) is 61.8 Å². The van der Waals surface area contributed by atoms with Gasteiger partial charge in [0.25, 0.3) is 0 Å². The highest BCUT2D eigenvalue weighted by atomic mass is 16.4. The Hall–Kier alpha value is -0.770. The molecule has 0 atom stereocenters. The average molecular weight is 171 g/mol. The number of hydrogen-bond acceptors (Lipinski definition) is 3. The van der Waals surface area contributed by atoms with Crippen molar-refractivity contribution in [2.45, 2.75) is 31.7 Å². The van der Waals surface area contributed by atoms with Crippen LogP contribution in [0.5, 0.6) is 0 Å². The summed E-state index contributed by atoms with van der Waals surface area (Å²) < 4.78 is 0. The summed E-state index contributed by atoms with van der Waals surface area (Å²) in [6.07, 6.45) is 5.11. The first-order chi connectivity index (χ1) is 5.74. The molecule has 3 N–H and O–H groups in total. The first-order valence-electron chi connectivity index (χ1n) is 4.40. The quantitative estimate of drug-likeness (QED) is 0.283. The Morgan fingerprint density at radius 1 is 1.58 bits per heavy atom. The molecule has 12 heavy (non-hydrogen) atoms. The smallest absolute Gasteiger partial charge is 0.153 e. The van der Waals surface area contributed by atoms with Crippen LogP contribution >= 0.6 is 0 Å². The highest BCUT2D eigenvalue weighted by Gasteiger charge is 2.19. The molecule has 0 saturated heterocycles. The van der Waals surface area contributed by atoms with Gasteiger partial charge in [-0.15, -0.1) is 0 Å². The normalized spacial score (nSPS) is 20.7. The van der Waals surface area contributed by atoms with Gasteiger partial charge in [0.15, 0.2) is 5.84 Å². The molecule has 1 rings (SSSR count). The SMILES string of the molecule is CN(C/C(N)=N/O)C1CCCC1. The Morgan fingerprint density at radius 3 is 2.67 bits per heavy atom. The van der Waals surface area contributed by atoms with Crippen LogP contribution in [-0.2, 0) is 0 Å². The fourth-order valence-electron chi connectivity index (χ4n) is 1.76. The van der Waals surface area contributed by atoms with E-state index in [2.05, 4.69) is 10.1 Å². The molecule has 0 spiro atoms. The summed E-state index contributed by atoms with van der Waals surface area (Å²) in [7, 11) is 2.02. The maximum atomic E-state index is 8.36. The lowest BCUT2D eigenvalue weighted by Gasteiger charge is -2.22. The number of nitrogens with two attached hydrogens (primary N) is 1. The molecule has 1 fully saturated rings. The van der Waals surface area contributed by atoms with E-state index in [1.807, 2.05) is 7.05 Å². The van der Waals surface area contributed by atoms with Gasteiger partial charge >= 0.3 is 0 Å². The van der Waals surface area contributed by atoms with Gasteiger partial charge in [-0.1, -0.05) is 18.0 Å². The molecule has 0 heterocycles. The molecule has 4 nitrogen and oxygen atoms in total. The van der Waals surface area contributed by atoms with Crippen LogP contribution in [0.1, 0.15) is 25.7 Å². The third-order valence-corrected chi connectivity index (χ3v) is 2.49. The van der Waals surface area contributed by atoms with Crippen molar-refractivity contribution in [1.82, 2.24) is 4.90 Å². The van der Waals surface area contributed by atoms with Crippen molar-refractivity contribution < 1.29 is 5.21 Å². The molecule has 0 unspecified atom stereocenters. The van der Waals surface area contributed by atoms with Crippen molar-refractivity contribution in [2.24, 2.45) is 10.9 Å². The van der Waals surface area contributed by atoms with E-state index in [9.17, 15) is 0 Å². The van der Waals surface area contributed by atoms with Gasteiger partial charge in [0.1, 0.15) is 0 Å². The van der Waals surface area contributed by atoms with Crippen LogP contribution in [0.2, 0.25) is 0 Å². The Balaban J connectivity index is 2.31. The molecule has 1 aliphatic carbocycles. The van der Waals surface area contributed by atoms with Gasteiger partial charge in [0, 0.05) is 6.04 Å². The van der Waals surface area contributed by atoms with Crippen LogP contribution < -0.4 is 5.73 Å². The van der Waals surface area contributed by atoms with Crippen LogP contribution in [-0.4, -0.2) is 35.6 Å². The fraction of sp³-hybridized carbons (Fsp3) is 0.875. The lowest BCUT2D eigenvalue weighted by atomic mass is 10.2. The Labute approximate surface area is 73.0 Å². The summed E-state index contributed by atoms with van der Waals surface area (Å²) >= 11 is 0. The van der Waals surface area contributed by atoms with E-state index in [-0.39, 0.29) is 0 Å². The molecule has 0 bridgehead atoms. The third-order valence-electron chi connectivity index (χ3n) is 2.49. The monoisotopic (exact) mass is 171 g/mol. The van der Waals surface area contributed by atoms with Crippen molar-refractivity contribution in [2.75, 3.05) is 13.6 Å². The molecule has 0 aromatic carbocycles. The molecule has 1 aliphatic rings. The minimum absolute atomic E-state index is 0.296. The minimum Gasteiger partial charge on any atom is -0.409 e. The van der Waals surface area contributed by atoms with E-state index in [1.54, 1.807) is 0 Å². The van der Waals surface area contributed by atoms with Crippen molar-refractivity contribution in [3.8, 4) is 0 Å². The Kier molecular flexibility index (Phi) is 3.34. The van der Waals surface area contributed by atoms with Crippen molar-refractivity contribution in [3.05, 3.63) is 0 Å². The van der Waals surface area contributed by atoms with Crippen LogP contribution in [0.4, 0.5) is 0 Å². The van der Waals surface area contributed by atoms with Gasteiger partial charge in [-0.3, -0.25) is 4.90 Å². The van der Waals surface area contributed by atoms with Crippen LogP contribution in [0.3, 0.4) is 0 Å². The van der Waals surface area contributed by atoms with E-state index in [1.165, 1.54) is 25.7 Å². The lowest BCUT2D eigenvalue weighted by Crippen LogP contribution is -2.37. The van der Waals surface area contributed by atoms with Gasteiger partial charge in [-0.2, -0.15) is 0 Å². The van der Waals surface area contributed by atoms with E-state index in [0.717, 1.165) is 0 Å². The number of nitrogens with zero attached hydrogens (tertiary/aromatic N) is 2. The molecule has 0 radical (unpaired) electrons. The third kappa shape index (κ3) is 2.37. The zero-order chi connectivity index (χ0) is 8.97. The molecule has 70 valence electrons. The van der Waals surface area contributed by atoms with E-state index < -0.39 is 0 Å². The standard InChI is InChI=1S/C8H17N3O/c1-11(6-8(9)10-12)7-4-2-3-5-7/h7,12H,2-6H2,1H3,(H2,9,10). The van der Waals surface area contributed by atoms with Crippen molar-refractivity contribution >= 4 is 5.84 Å². The molecule has 1 saturated carbocycles. The summed E-state index contributed by atoms with van der Waals surface area (Å²) in [4.78, 5) is 2.15. The molecule has 4 heteroatoms. The second-order valence-electron chi connectivity index (χ2n) is 3.44. The van der Waals surface area contributed by atoms with Crippen LogP contribution in [0, 0.1) is 0 Å². The van der Waals surface area contributed by atoms with E-state index in [0.29, 0.717) is 18.4 Å². The first-order valence-corrected chi connectivity index (χ1v) is 4.40. The first kappa shape index (κ1) is 9.32. The maximum Gasteiger partial charge on any atom is 0.153 e. The van der Waals surface area contributed by atoms with Gasteiger partial charge in [-0.25, -0.2) is 0 Å². The minimum atomic E-state index is 0.296. The zero-order valence-corrected chi connectivity index (χ0v) is 7.53. The second kappa shape index (κ2) is 4.30.